The number of carbonyl (C=O) groups is 1. The first-order valence-electron chi connectivity index (χ1n) is 9.50. The van der Waals surface area contributed by atoms with Gasteiger partial charge < -0.3 is 9.42 Å². The van der Waals surface area contributed by atoms with Gasteiger partial charge in [0.15, 0.2) is 5.82 Å². The molecule has 1 saturated heterocycles. The van der Waals surface area contributed by atoms with E-state index in [1.807, 2.05) is 67.6 Å². The Hall–Kier alpha value is -3.74. The first-order chi connectivity index (χ1) is 14.2. The van der Waals surface area contributed by atoms with E-state index in [9.17, 15) is 4.79 Å². The lowest BCUT2D eigenvalue weighted by molar-refractivity contribution is -0.117. The number of H-pyrrole nitrogens is 1. The summed E-state index contributed by atoms with van der Waals surface area (Å²) in [6.07, 6.45) is 0.367. The lowest BCUT2D eigenvalue weighted by Gasteiger charge is -2.18. The van der Waals surface area contributed by atoms with Gasteiger partial charge in [0.25, 0.3) is 5.89 Å². The van der Waals surface area contributed by atoms with Crippen molar-refractivity contribution in [2.45, 2.75) is 19.3 Å². The summed E-state index contributed by atoms with van der Waals surface area (Å²) in [5.74, 6) is 0.886. The lowest BCUT2D eigenvalue weighted by atomic mass is 10.1. The van der Waals surface area contributed by atoms with E-state index in [0.717, 1.165) is 22.5 Å². The first kappa shape index (κ1) is 17.4. The van der Waals surface area contributed by atoms with Gasteiger partial charge in [-0.3, -0.25) is 9.89 Å². The number of hydrogen-bond acceptors (Lipinski definition) is 5. The molecule has 7 heteroatoms. The van der Waals surface area contributed by atoms with Gasteiger partial charge >= 0.3 is 0 Å². The molecule has 0 aliphatic carbocycles. The van der Waals surface area contributed by atoms with Crippen LogP contribution in [0.5, 0.6) is 0 Å². The fraction of sp³-hybridized carbons (Fsp3) is 0.182. The van der Waals surface area contributed by atoms with Gasteiger partial charge in [0.1, 0.15) is 5.69 Å². The average Bonchev–Trinajstić information content (AvgIpc) is 3.48. The van der Waals surface area contributed by atoms with Crippen molar-refractivity contribution in [1.29, 1.82) is 0 Å². The molecule has 0 saturated carbocycles. The Balaban J connectivity index is 1.37. The number of aromatic nitrogens is 4. The minimum absolute atomic E-state index is 0.0727. The number of hydrogen-bond donors (Lipinski definition) is 1. The molecule has 1 aliphatic rings. The Bertz CT molecular complexity index is 1160. The zero-order chi connectivity index (χ0) is 19.8. The minimum atomic E-state index is -0.101. The molecule has 7 nitrogen and oxygen atoms in total. The second-order valence-corrected chi connectivity index (χ2v) is 7.18. The lowest BCUT2D eigenvalue weighted by Crippen LogP contribution is -2.25. The number of aromatic amines is 1. The van der Waals surface area contributed by atoms with Crippen LogP contribution in [0.3, 0.4) is 0 Å². The van der Waals surface area contributed by atoms with E-state index in [1.165, 1.54) is 0 Å². The second kappa shape index (κ2) is 7.01. The quantitative estimate of drug-likeness (QED) is 0.575. The maximum atomic E-state index is 12.6. The zero-order valence-corrected chi connectivity index (χ0v) is 15.9. The molecule has 1 atom stereocenters. The third-order valence-corrected chi connectivity index (χ3v) is 5.22. The fourth-order valence-corrected chi connectivity index (χ4v) is 3.68. The Kier molecular flexibility index (Phi) is 4.20. The molecule has 144 valence electrons. The molecular weight excluding hydrogens is 366 g/mol. The summed E-state index contributed by atoms with van der Waals surface area (Å²) < 4.78 is 5.45. The number of para-hydroxylation sites is 1. The van der Waals surface area contributed by atoms with Crippen LogP contribution >= 0.6 is 0 Å². The Morgan fingerprint density at radius 1 is 1.10 bits per heavy atom. The van der Waals surface area contributed by atoms with Crippen molar-refractivity contribution in [3.63, 3.8) is 0 Å². The van der Waals surface area contributed by atoms with Crippen molar-refractivity contribution in [3.05, 3.63) is 72.1 Å². The first-order valence-corrected chi connectivity index (χ1v) is 9.50. The molecular formula is C22H19N5O2. The minimum Gasteiger partial charge on any atom is -0.332 e. The summed E-state index contributed by atoms with van der Waals surface area (Å²) in [7, 11) is 0. The highest BCUT2D eigenvalue weighted by Crippen LogP contribution is 2.33. The van der Waals surface area contributed by atoms with Gasteiger partial charge in [-0.1, -0.05) is 53.7 Å². The van der Waals surface area contributed by atoms with Gasteiger partial charge in [-0.05, 0) is 24.6 Å². The van der Waals surface area contributed by atoms with E-state index in [4.69, 9.17) is 4.52 Å². The largest absolute Gasteiger partial charge is 0.332 e. The zero-order valence-electron chi connectivity index (χ0n) is 15.9. The Labute approximate surface area is 167 Å². The molecule has 1 aliphatic heterocycles. The number of anilines is 1. The third kappa shape index (κ3) is 3.20. The molecule has 1 unspecified atom stereocenters. The Morgan fingerprint density at radius 2 is 1.90 bits per heavy atom. The number of benzene rings is 2. The van der Waals surface area contributed by atoms with Gasteiger partial charge in [-0.15, -0.1) is 0 Å². The van der Waals surface area contributed by atoms with Crippen molar-refractivity contribution in [1.82, 2.24) is 20.3 Å². The van der Waals surface area contributed by atoms with E-state index >= 15 is 0 Å². The normalized spacial score (nSPS) is 16.5. The van der Waals surface area contributed by atoms with Crippen molar-refractivity contribution in [3.8, 4) is 22.8 Å². The molecule has 1 N–H and O–H groups in total. The second-order valence-electron chi connectivity index (χ2n) is 7.18. The van der Waals surface area contributed by atoms with E-state index < -0.39 is 0 Å². The molecule has 0 bridgehead atoms. The summed E-state index contributed by atoms with van der Waals surface area (Å²) in [6.45, 7) is 2.55. The van der Waals surface area contributed by atoms with Crippen LogP contribution in [-0.2, 0) is 4.79 Å². The van der Waals surface area contributed by atoms with Crippen molar-refractivity contribution in [2.75, 3.05) is 11.4 Å². The summed E-state index contributed by atoms with van der Waals surface area (Å²) in [5.41, 5.74) is 4.47. The maximum Gasteiger partial charge on any atom is 0.275 e. The monoisotopic (exact) mass is 385 g/mol. The Morgan fingerprint density at radius 3 is 2.72 bits per heavy atom. The van der Waals surface area contributed by atoms with Crippen LogP contribution in [-0.4, -0.2) is 32.8 Å². The molecule has 2 aromatic carbocycles. The van der Waals surface area contributed by atoms with E-state index in [0.29, 0.717) is 30.4 Å². The van der Waals surface area contributed by atoms with Gasteiger partial charge in [0.2, 0.25) is 5.91 Å². The van der Waals surface area contributed by atoms with Crippen molar-refractivity contribution in [2.24, 2.45) is 0 Å². The van der Waals surface area contributed by atoms with E-state index in [1.54, 1.807) is 4.90 Å². The number of rotatable bonds is 4. The molecule has 5 rings (SSSR count). The summed E-state index contributed by atoms with van der Waals surface area (Å²) >= 11 is 0. The highest BCUT2D eigenvalue weighted by molar-refractivity contribution is 5.97. The number of amides is 1. The van der Waals surface area contributed by atoms with Crippen molar-refractivity contribution >= 4 is 11.6 Å². The molecule has 1 amide bonds. The topological polar surface area (TPSA) is 87.9 Å². The predicted molar refractivity (Wildman–Crippen MR) is 108 cm³/mol. The number of carbonyl (C=O) groups excluding carboxylic acids is 1. The van der Waals surface area contributed by atoms with Crippen LogP contribution in [0, 0.1) is 6.92 Å². The summed E-state index contributed by atoms with van der Waals surface area (Å²) in [5, 5.41) is 11.4. The predicted octanol–water partition coefficient (Wildman–Crippen LogP) is 3.96. The van der Waals surface area contributed by atoms with Gasteiger partial charge in [-0.25, -0.2) is 0 Å². The molecule has 0 radical (unpaired) electrons. The van der Waals surface area contributed by atoms with Gasteiger partial charge in [-0.2, -0.15) is 10.1 Å². The third-order valence-electron chi connectivity index (χ3n) is 5.22. The molecule has 2 aromatic heterocycles. The molecule has 3 heterocycles. The highest BCUT2D eigenvalue weighted by atomic mass is 16.5. The van der Waals surface area contributed by atoms with Crippen molar-refractivity contribution < 1.29 is 9.32 Å². The van der Waals surface area contributed by atoms with Crippen LogP contribution < -0.4 is 4.90 Å². The smallest absolute Gasteiger partial charge is 0.275 e. The maximum absolute atomic E-state index is 12.6. The number of nitrogens with one attached hydrogen (secondary N) is 1. The number of aryl methyl sites for hydroxylation is 1. The standard InChI is InChI=1S/C22H19N5O2/c1-14-7-5-6-10-19(14)27-13-16(11-20(27)28)21-23-22(29-26-21)18-12-17(24-25-18)15-8-3-2-4-9-15/h2-10,12,16H,11,13H2,1H3,(H,24,25). The van der Waals surface area contributed by atoms with Crippen LogP contribution in [0.4, 0.5) is 5.69 Å². The molecule has 29 heavy (non-hydrogen) atoms. The van der Waals surface area contributed by atoms with E-state index in [-0.39, 0.29) is 11.8 Å². The van der Waals surface area contributed by atoms with Crippen LogP contribution in [0.15, 0.2) is 65.2 Å². The van der Waals surface area contributed by atoms with Gasteiger partial charge in [0, 0.05) is 30.1 Å². The molecule has 0 spiro atoms. The highest BCUT2D eigenvalue weighted by Gasteiger charge is 2.35. The molecule has 1 fully saturated rings. The summed E-state index contributed by atoms with van der Waals surface area (Å²) in [6, 6.07) is 19.6. The number of nitrogens with zero attached hydrogens (tertiary/aromatic N) is 4. The van der Waals surface area contributed by atoms with Crippen LogP contribution in [0.2, 0.25) is 0 Å². The van der Waals surface area contributed by atoms with Gasteiger partial charge in [0.05, 0.1) is 5.69 Å². The van der Waals surface area contributed by atoms with Crippen LogP contribution in [0.25, 0.3) is 22.8 Å². The fourth-order valence-electron chi connectivity index (χ4n) is 3.68. The SMILES string of the molecule is Cc1ccccc1N1CC(c2noc(-c3cc(-c4ccccc4)n[nH]3)n2)CC1=O. The van der Waals surface area contributed by atoms with Crippen LogP contribution in [0.1, 0.15) is 23.7 Å². The van der Waals surface area contributed by atoms with E-state index in [2.05, 4.69) is 20.3 Å². The molecule has 4 aromatic rings. The average molecular weight is 385 g/mol. The summed E-state index contributed by atoms with van der Waals surface area (Å²) in [4.78, 5) is 18.9.